The average Bonchev–Trinajstić information content (AvgIpc) is 2.37. The molecule has 0 spiro atoms. The molecule has 104 valence electrons. The zero-order valence-electron chi connectivity index (χ0n) is 12.8. The van der Waals surface area contributed by atoms with Gasteiger partial charge in [-0.3, -0.25) is 0 Å². The number of hydrogen-bond donors (Lipinski definition) is 1. The molecule has 0 saturated carbocycles. The monoisotopic (exact) mass is 260 g/mol. The van der Waals surface area contributed by atoms with Gasteiger partial charge in [0, 0.05) is 13.1 Å². The predicted molar refractivity (Wildman–Crippen MR) is 78.3 cm³/mol. The fraction of sp³-hybridized carbons (Fsp3) is 0.562. The lowest BCUT2D eigenvalue weighted by atomic mass is 9.94. The number of nitrogens with zero attached hydrogens (tertiary/aromatic N) is 1. The van der Waals surface area contributed by atoms with Gasteiger partial charge in [-0.2, -0.15) is 5.26 Å². The summed E-state index contributed by atoms with van der Waals surface area (Å²) in [7, 11) is 1.70. The topological polar surface area (TPSA) is 45.0 Å². The van der Waals surface area contributed by atoms with E-state index in [0.29, 0.717) is 6.54 Å². The van der Waals surface area contributed by atoms with Gasteiger partial charge in [0.2, 0.25) is 0 Å². The zero-order valence-corrected chi connectivity index (χ0v) is 12.8. The van der Waals surface area contributed by atoms with Crippen LogP contribution in [0.1, 0.15) is 36.1 Å². The molecule has 3 heteroatoms. The van der Waals surface area contributed by atoms with Crippen molar-refractivity contribution >= 4 is 0 Å². The van der Waals surface area contributed by atoms with Crippen LogP contribution in [0.5, 0.6) is 5.75 Å². The van der Waals surface area contributed by atoms with E-state index in [1.165, 1.54) is 22.3 Å². The lowest BCUT2D eigenvalue weighted by molar-refractivity contribution is 0.410. The fourth-order valence-corrected chi connectivity index (χ4v) is 2.12. The predicted octanol–water partition coefficient (Wildman–Crippen LogP) is 3.26. The van der Waals surface area contributed by atoms with Crippen LogP contribution in [0, 0.1) is 37.5 Å². The Morgan fingerprint density at radius 1 is 1.26 bits per heavy atom. The molecule has 0 saturated heterocycles. The maximum absolute atomic E-state index is 9.01. The summed E-state index contributed by atoms with van der Waals surface area (Å²) in [6, 6.07) is 4.38. The van der Waals surface area contributed by atoms with Crippen LogP contribution in [0.25, 0.3) is 0 Å². The standard InChI is InChI=1S/C16H24N2O/c1-11-7-15(19-6)13(3)12(2)14(11)8-18-10-16(4,5)9-17/h7,18H,8,10H2,1-6H3. The quantitative estimate of drug-likeness (QED) is 0.883. The summed E-state index contributed by atoms with van der Waals surface area (Å²) in [5.74, 6) is 0.941. The number of hydrogen-bond acceptors (Lipinski definition) is 3. The highest BCUT2D eigenvalue weighted by atomic mass is 16.5. The Kier molecular flexibility index (Phi) is 4.97. The van der Waals surface area contributed by atoms with Crippen LogP contribution in [0.15, 0.2) is 6.07 Å². The normalized spacial score (nSPS) is 11.2. The second-order valence-corrected chi connectivity index (χ2v) is 5.72. The molecule has 0 heterocycles. The van der Waals surface area contributed by atoms with Gasteiger partial charge in [-0.25, -0.2) is 0 Å². The lowest BCUT2D eigenvalue weighted by Crippen LogP contribution is -2.28. The Morgan fingerprint density at radius 3 is 2.42 bits per heavy atom. The lowest BCUT2D eigenvalue weighted by Gasteiger charge is -2.19. The summed E-state index contributed by atoms with van der Waals surface area (Å²) in [5.41, 5.74) is 4.64. The van der Waals surface area contributed by atoms with Gasteiger partial charge in [0.15, 0.2) is 0 Å². The van der Waals surface area contributed by atoms with Gasteiger partial charge in [0.25, 0.3) is 0 Å². The van der Waals surface area contributed by atoms with E-state index in [1.54, 1.807) is 7.11 Å². The molecule has 19 heavy (non-hydrogen) atoms. The zero-order chi connectivity index (χ0) is 14.6. The summed E-state index contributed by atoms with van der Waals surface area (Å²) in [6.07, 6.45) is 0. The molecule has 1 N–H and O–H groups in total. The smallest absolute Gasteiger partial charge is 0.122 e. The molecule has 0 amide bonds. The van der Waals surface area contributed by atoms with Gasteiger partial charge in [0.1, 0.15) is 5.75 Å². The van der Waals surface area contributed by atoms with Crippen molar-refractivity contribution in [1.29, 1.82) is 5.26 Å². The van der Waals surface area contributed by atoms with Crippen LogP contribution in [-0.4, -0.2) is 13.7 Å². The van der Waals surface area contributed by atoms with Gasteiger partial charge in [0.05, 0.1) is 18.6 Å². The minimum absolute atomic E-state index is 0.330. The number of rotatable bonds is 5. The van der Waals surface area contributed by atoms with Crippen LogP contribution in [0.3, 0.4) is 0 Å². The summed E-state index contributed by atoms with van der Waals surface area (Å²) >= 11 is 0. The van der Waals surface area contributed by atoms with Crippen molar-refractivity contribution < 1.29 is 4.74 Å². The Labute approximate surface area is 116 Å². The molecule has 0 aliphatic carbocycles. The third kappa shape index (κ3) is 3.71. The van der Waals surface area contributed by atoms with Gasteiger partial charge >= 0.3 is 0 Å². The summed E-state index contributed by atoms with van der Waals surface area (Å²) in [4.78, 5) is 0. The van der Waals surface area contributed by atoms with Crippen LogP contribution in [0.2, 0.25) is 0 Å². The third-order valence-corrected chi connectivity index (χ3v) is 3.60. The highest BCUT2D eigenvalue weighted by molar-refractivity contribution is 5.48. The molecule has 0 atom stereocenters. The van der Waals surface area contributed by atoms with Crippen molar-refractivity contribution in [2.45, 2.75) is 41.2 Å². The average molecular weight is 260 g/mol. The number of methoxy groups -OCH3 is 1. The van der Waals surface area contributed by atoms with Crippen LogP contribution in [-0.2, 0) is 6.54 Å². The molecule has 0 fully saturated rings. The molecule has 1 rings (SSSR count). The van der Waals surface area contributed by atoms with E-state index in [9.17, 15) is 0 Å². The Hall–Kier alpha value is -1.53. The summed E-state index contributed by atoms with van der Waals surface area (Å²) in [5, 5.41) is 12.4. The van der Waals surface area contributed by atoms with E-state index in [2.05, 4.69) is 38.2 Å². The van der Waals surface area contributed by atoms with Gasteiger partial charge < -0.3 is 10.1 Å². The largest absolute Gasteiger partial charge is 0.496 e. The Morgan fingerprint density at radius 2 is 1.89 bits per heavy atom. The molecule has 0 bridgehead atoms. The van der Waals surface area contributed by atoms with Gasteiger partial charge in [-0.1, -0.05) is 0 Å². The molecule has 0 unspecified atom stereocenters. The van der Waals surface area contributed by atoms with Crippen LogP contribution < -0.4 is 10.1 Å². The molecule has 1 aromatic rings. The van der Waals surface area contributed by atoms with Crippen LogP contribution in [0.4, 0.5) is 0 Å². The summed E-state index contributed by atoms with van der Waals surface area (Å²) < 4.78 is 5.37. The molecule has 3 nitrogen and oxygen atoms in total. The maximum Gasteiger partial charge on any atom is 0.122 e. The van der Waals surface area contributed by atoms with Crippen LogP contribution >= 0.6 is 0 Å². The maximum atomic E-state index is 9.01. The van der Waals surface area contributed by atoms with E-state index >= 15 is 0 Å². The molecule has 0 aliphatic heterocycles. The minimum atomic E-state index is -0.330. The number of benzene rings is 1. The van der Waals surface area contributed by atoms with Crippen molar-refractivity contribution in [3.05, 3.63) is 28.3 Å². The highest BCUT2D eigenvalue weighted by Gasteiger charge is 2.16. The van der Waals surface area contributed by atoms with Crippen molar-refractivity contribution in [2.75, 3.05) is 13.7 Å². The molecule has 0 aliphatic rings. The van der Waals surface area contributed by atoms with E-state index < -0.39 is 0 Å². The molecular formula is C16H24N2O. The fourth-order valence-electron chi connectivity index (χ4n) is 2.12. The van der Waals surface area contributed by atoms with Crippen molar-refractivity contribution in [3.8, 4) is 11.8 Å². The summed E-state index contributed by atoms with van der Waals surface area (Å²) in [6.45, 7) is 11.7. The first-order valence-electron chi connectivity index (χ1n) is 6.58. The minimum Gasteiger partial charge on any atom is -0.496 e. The van der Waals surface area contributed by atoms with Crippen molar-refractivity contribution in [1.82, 2.24) is 5.32 Å². The number of ether oxygens (including phenoxy) is 1. The number of nitriles is 1. The van der Waals surface area contributed by atoms with Gasteiger partial charge in [-0.05, 0) is 62.9 Å². The van der Waals surface area contributed by atoms with Crippen molar-refractivity contribution in [3.63, 3.8) is 0 Å². The number of nitrogens with one attached hydrogen (secondary N) is 1. The Balaban J connectivity index is 2.86. The first-order chi connectivity index (χ1) is 8.82. The van der Waals surface area contributed by atoms with Crippen molar-refractivity contribution in [2.24, 2.45) is 5.41 Å². The van der Waals surface area contributed by atoms with E-state index in [4.69, 9.17) is 10.00 Å². The molecular weight excluding hydrogens is 236 g/mol. The van der Waals surface area contributed by atoms with E-state index in [-0.39, 0.29) is 5.41 Å². The first-order valence-corrected chi connectivity index (χ1v) is 6.58. The highest BCUT2D eigenvalue weighted by Crippen LogP contribution is 2.27. The molecule has 1 aromatic carbocycles. The Bertz CT molecular complexity index is 498. The van der Waals surface area contributed by atoms with E-state index in [0.717, 1.165) is 12.3 Å². The second-order valence-electron chi connectivity index (χ2n) is 5.72. The second kappa shape index (κ2) is 6.08. The van der Waals surface area contributed by atoms with Gasteiger partial charge in [-0.15, -0.1) is 0 Å². The first kappa shape index (κ1) is 15.5. The number of aryl methyl sites for hydroxylation is 1. The van der Waals surface area contributed by atoms with E-state index in [1.807, 2.05) is 13.8 Å². The SMILES string of the molecule is COc1cc(C)c(CNCC(C)(C)C#N)c(C)c1C. The molecule has 0 aromatic heterocycles. The molecule has 0 radical (unpaired) electrons. The third-order valence-electron chi connectivity index (χ3n) is 3.60.